The molecule has 1 aliphatic carbocycles. The van der Waals surface area contributed by atoms with Crippen LogP contribution < -0.4 is 0 Å². The topological polar surface area (TPSA) is 60.2 Å². The summed E-state index contributed by atoms with van der Waals surface area (Å²) in [7, 11) is 0. The van der Waals surface area contributed by atoms with Crippen molar-refractivity contribution >= 4 is 11.5 Å². The van der Waals surface area contributed by atoms with Gasteiger partial charge in [-0.15, -0.1) is 0 Å². The summed E-state index contributed by atoms with van der Waals surface area (Å²) in [6.07, 6.45) is 3.47. The van der Waals surface area contributed by atoms with Crippen molar-refractivity contribution in [2.45, 2.75) is 32.6 Å². The monoisotopic (exact) mass is 219 g/mol. The number of carbonyl (C=O) groups is 1. The summed E-state index contributed by atoms with van der Waals surface area (Å²) in [4.78, 5) is 22.0. The minimum absolute atomic E-state index is 0.00644. The second kappa shape index (κ2) is 4.04. The van der Waals surface area contributed by atoms with E-state index < -0.39 is 0 Å². The van der Waals surface area contributed by atoms with Crippen molar-refractivity contribution in [1.82, 2.24) is 0 Å². The molecular formula is C12H13NO3. The number of ketones is 1. The van der Waals surface area contributed by atoms with E-state index in [0.29, 0.717) is 12.0 Å². The summed E-state index contributed by atoms with van der Waals surface area (Å²) in [6, 6.07) is 3.05. The third-order valence-corrected chi connectivity index (χ3v) is 3.09. The predicted molar refractivity (Wildman–Crippen MR) is 59.7 cm³/mol. The molecular weight excluding hydrogens is 206 g/mol. The van der Waals surface area contributed by atoms with Gasteiger partial charge in [0.15, 0.2) is 5.78 Å². The zero-order valence-corrected chi connectivity index (χ0v) is 9.16. The Balaban J connectivity index is 2.63. The molecule has 0 saturated heterocycles. The van der Waals surface area contributed by atoms with Crippen molar-refractivity contribution in [3.05, 3.63) is 38.9 Å². The van der Waals surface area contributed by atoms with E-state index in [9.17, 15) is 14.9 Å². The average molecular weight is 219 g/mol. The second-order valence-electron chi connectivity index (χ2n) is 4.11. The highest BCUT2D eigenvalue weighted by molar-refractivity contribution is 5.96. The Kier molecular flexibility index (Phi) is 2.73. The van der Waals surface area contributed by atoms with Gasteiger partial charge in [-0.05, 0) is 44.2 Å². The first kappa shape index (κ1) is 10.8. The Bertz CT molecular complexity index is 423. The SMILES string of the molecule is CC(=O)c1ccc([N+](=O)[O-])c2c1CCCC2. The molecule has 0 spiro atoms. The number of nitro benzene ring substituents is 1. The van der Waals surface area contributed by atoms with Gasteiger partial charge in [0.05, 0.1) is 4.92 Å². The molecule has 4 nitrogen and oxygen atoms in total. The maximum absolute atomic E-state index is 11.4. The molecule has 0 aliphatic heterocycles. The summed E-state index contributed by atoms with van der Waals surface area (Å²) in [5.41, 5.74) is 2.48. The lowest BCUT2D eigenvalue weighted by Gasteiger charge is -2.18. The van der Waals surface area contributed by atoms with E-state index in [1.807, 2.05) is 0 Å². The number of carbonyl (C=O) groups excluding carboxylic acids is 1. The standard InChI is InChI=1S/C12H13NO3/c1-8(14)9-6-7-12(13(15)16)11-5-3-2-4-10(9)11/h6-7H,2-5H2,1H3. The molecule has 0 atom stereocenters. The van der Waals surface area contributed by atoms with Gasteiger partial charge in [-0.3, -0.25) is 14.9 Å². The fraction of sp³-hybridized carbons (Fsp3) is 0.417. The van der Waals surface area contributed by atoms with Crippen molar-refractivity contribution in [2.24, 2.45) is 0 Å². The lowest BCUT2D eigenvalue weighted by atomic mass is 9.86. The molecule has 0 amide bonds. The molecule has 1 aromatic rings. The fourth-order valence-corrected chi connectivity index (χ4v) is 2.35. The van der Waals surface area contributed by atoms with Gasteiger partial charge >= 0.3 is 0 Å². The molecule has 0 radical (unpaired) electrons. The molecule has 16 heavy (non-hydrogen) atoms. The van der Waals surface area contributed by atoms with Crippen LogP contribution >= 0.6 is 0 Å². The quantitative estimate of drug-likeness (QED) is 0.436. The van der Waals surface area contributed by atoms with Crippen LogP contribution in [0.2, 0.25) is 0 Å². The molecule has 0 saturated carbocycles. The van der Waals surface area contributed by atoms with Gasteiger partial charge in [0.1, 0.15) is 0 Å². The van der Waals surface area contributed by atoms with Crippen LogP contribution in [0.5, 0.6) is 0 Å². The largest absolute Gasteiger partial charge is 0.295 e. The van der Waals surface area contributed by atoms with E-state index in [1.54, 1.807) is 6.07 Å². The summed E-state index contributed by atoms with van der Waals surface area (Å²) >= 11 is 0. The first-order valence-corrected chi connectivity index (χ1v) is 5.41. The summed E-state index contributed by atoms with van der Waals surface area (Å²) < 4.78 is 0. The highest BCUT2D eigenvalue weighted by Gasteiger charge is 2.24. The van der Waals surface area contributed by atoms with E-state index in [0.717, 1.165) is 30.4 Å². The summed E-state index contributed by atoms with van der Waals surface area (Å²) in [5.74, 6) is -0.00644. The van der Waals surface area contributed by atoms with Gasteiger partial charge in [-0.2, -0.15) is 0 Å². The van der Waals surface area contributed by atoms with Crippen LogP contribution in [-0.2, 0) is 12.8 Å². The first-order chi connectivity index (χ1) is 7.61. The van der Waals surface area contributed by atoms with Gasteiger partial charge < -0.3 is 0 Å². The van der Waals surface area contributed by atoms with Gasteiger partial charge in [0.25, 0.3) is 5.69 Å². The normalized spacial score (nSPS) is 14.3. The Morgan fingerprint density at radius 1 is 1.25 bits per heavy atom. The fourth-order valence-electron chi connectivity index (χ4n) is 2.35. The van der Waals surface area contributed by atoms with Crippen LogP contribution in [-0.4, -0.2) is 10.7 Å². The molecule has 0 bridgehead atoms. The molecule has 0 heterocycles. The number of nitro groups is 1. The van der Waals surface area contributed by atoms with Crippen molar-refractivity contribution < 1.29 is 9.72 Å². The predicted octanol–water partition coefficient (Wildman–Crippen LogP) is 2.68. The zero-order valence-electron chi connectivity index (χ0n) is 9.16. The maximum atomic E-state index is 11.4. The van der Waals surface area contributed by atoms with Crippen molar-refractivity contribution in [1.29, 1.82) is 0 Å². The molecule has 0 fully saturated rings. The van der Waals surface area contributed by atoms with Gasteiger partial charge in [-0.1, -0.05) is 0 Å². The molecule has 1 aliphatic rings. The van der Waals surface area contributed by atoms with Crippen molar-refractivity contribution in [2.75, 3.05) is 0 Å². The van der Waals surface area contributed by atoms with E-state index in [-0.39, 0.29) is 16.4 Å². The van der Waals surface area contributed by atoms with Crippen LogP contribution in [0, 0.1) is 10.1 Å². The van der Waals surface area contributed by atoms with E-state index in [4.69, 9.17) is 0 Å². The zero-order chi connectivity index (χ0) is 11.7. The highest BCUT2D eigenvalue weighted by atomic mass is 16.6. The number of benzene rings is 1. The molecule has 1 aromatic carbocycles. The van der Waals surface area contributed by atoms with E-state index in [1.165, 1.54) is 13.0 Å². The van der Waals surface area contributed by atoms with Crippen LogP contribution in [0.15, 0.2) is 12.1 Å². The molecule has 0 unspecified atom stereocenters. The minimum atomic E-state index is -0.353. The Morgan fingerprint density at radius 3 is 2.44 bits per heavy atom. The lowest BCUT2D eigenvalue weighted by Crippen LogP contribution is -2.11. The van der Waals surface area contributed by atoms with Gasteiger partial charge in [-0.25, -0.2) is 0 Å². The lowest BCUT2D eigenvalue weighted by molar-refractivity contribution is -0.385. The van der Waals surface area contributed by atoms with E-state index in [2.05, 4.69) is 0 Å². The first-order valence-electron chi connectivity index (χ1n) is 5.41. The van der Waals surface area contributed by atoms with E-state index >= 15 is 0 Å². The summed E-state index contributed by atoms with van der Waals surface area (Å²) in [6.45, 7) is 1.51. The van der Waals surface area contributed by atoms with Crippen molar-refractivity contribution in [3.8, 4) is 0 Å². The smallest absolute Gasteiger partial charge is 0.272 e. The van der Waals surface area contributed by atoms with Gasteiger partial charge in [0.2, 0.25) is 0 Å². The number of hydrogen-bond donors (Lipinski definition) is 0. The summed E-state index contributed by atoms with van der Waals surface area (Å²) in [5, 5.41) is 10.9. The number of fused-ring (bicyclic) bond motifs is 1. The van der Waals surface area contributed by atoms with Crippen LogP contribution in [0.4, 0.5) is 5.69 Å². The molecule has 0 N–H and O–H groups in total. The number of nitrogens with zero attached hydrogens (tertiary/aromatic N) is 1. The minimum Gasteiger partial charge on any atom is -0.295 e. The van der Waals surface area contributed by atoms with Crippen molar-refractivity contribution in [3.63, 3.8) is 0 Å². The average Bonchev–Trinajstić information content (AvgIpc) is 2.27. The molecule has 84 valence electrons. The number of rotatable bonds is 2. The highest BCUT2D eigenvalue weighted by Crippen LogP contribution is 2.32. The van der Waals surface area contributed by atoms with Gasteiger partial charge in [0, 0.05) is 17.2 Å². The third-order valence-electron chi connectivity index (χ3n) is 3.09. The number of hydrogen-bond acceptors (Lipinski definition) is 3. The van der Waals surface area contributed by atoms with Crippen LogP contribution in [0.3, 0.4) is 0 Å². The number of Topliss-reactive ketones (excluding diaryl/α,β-unsaturated/α-hetero) is 1. The third kappa shape index (κ3) is 1.71. The molecule has 4 heteroatoms. The molecule has 0 aromatic heterocycles. The Morgan fingerprint density at radius 2 is 1.88 bits per heavy atom. The Hall–Kier alpha value is -1.71. The van der Waals surface area contributed by atoms with Crippen LogP contribution in [0.1, 0.15) is 41.3 Å². The molecule has 2 rings (SSSR count). The Labute approximate surface area is 93.4 Å². The van der Waals surface area contributed by atoms with Crippen LogP contribution in [0.25, 0.3) is 0 Å². The maximum Gasteiger partial charge on any atom is 0.272 e. The second-order valence-corrected chi connectivity index (χ2v) is 4.11.